The zero-order chi connectivity index (χ0) is 18.0. The first kappa shape index (κ1) is 17.2. The Bertz CT molecular complexity index is 941. The molecule has 1 heterocycles. The molecule has 25 heavy (non-hydrogen) atoms. The van der Waals surface area contributed by atoms with Crippen LogP contribution in [0.3, 0.4) is 0 Å². The Hall–Kier alpha value is -2.59. The smallest absolute Gasteiger partial charge is 0.307 e. The fourth-order valence-electron chi connectivity index (χ4n) is 2.71. The number of benzene rings is 1. The monoisotopic (exact) mass is 352 g/mol. The minimum atomic E-state index is -0.812. The minimum Gasteiger partial charge on any atom is -0.489 e. The molecule has 3 rings (SSSR count). The highest BCUT2D eigenvalue weighted by Gasteiger charge is 2.10. The van der Waals surface area contributed by atoms with Crippen molar-refractivity contribution in [3.05, 3.63) is 76.2 Å². The maximum atomic E-state index is 10.9. The molecular weight excluding hydrogens is 332 g/mol. The van der Waals surface area contributed by atoms with E-state index in [1.807, 2.05) is 30.5 Å². The number of rotatable bonds is 5. The van der Waals surface area contributed by atoms with Gasteiger partial charge in [-0.2, -0.15) is 0 Å². The molecule has 0 saturated carbocycles. The summed E-state index contributed by atoms with van der Waals surface area (Å²) in [7, 11) is 0. The van der Waals surface area contributed by atoms with Crippen molar-refractivity contribution < 1.29 is 14.6 Å². The van der Waals surface area contributed by atoms with Crippen LogP contribution < -0.4 is 4.74 Å². The van der Waals surface area contributed by atoms with E-state index in [1.165, 1.54) is 0 Å². The van der Waals surface area contributed by atoms with Crippen molar-refractivity contribution in [3.63, 3.8) is 0 Å². The van der Waals surface area contributed by atoms with Crippen molar-refractivity contribution in [1.29, 1.82) is 0 Å². The lowest BCUT2D eigenvalue weighted by molar-refractivity contribution is -0.136. The summed E-state index contributed by atoms with van der Waals surface area (Å²) in [4.78, 5) is 10.9. The van der Waals surface area contributed by atoms with Crippen LogP contribution in [0.5, 0.6) is 5.75 Å². The Morgan fingerprint density at radius 2 is 2.04 bits per heavy atom. The van der Waals surface area contributed by atoms with Gasteiger partial charge in [0.25, 0.3) is 0 Å². The third-order valence-electron chi connectivity index (χ3n) is 4.30. The van der Waals surface area contributed by atoms with Crippen molar-refractivity contribution in [2.45, 2.75) is 20.3 Å². The van der Waals surface area contributed by atoms with Gasteiger partial charge in [-0.05, 0) is 70.7 Å². The van der Waals surface area contributed by atoms with Crippen molar-refractivity contribution >= 4 is 27.4 Å². The Labute approximate surface area is 151 Å². The maximum Gasteiger partial charge on any atom is 0.307 e. The molecule has 4 heteroatoms. The average Bonchev–Trinajstić information content (AvgIpc) is 2.90. The van der Waals surface area contributed by atoms with E-state index in [1.54, 1.807) is 11.3 Å². The molecule has 1 aromatic heterocycles. The van der Waals surface area contributed by atoms with Gasteiger partial charge in [0.2, 0.25) is 0 Å². The minimum absolute atomic E-state index is 0.0483. The quantitative estimate of drug-likeness (QED) is 0.794. The molecule has 0 aliphatic heterocycles. The lowest BCUT2D eigenvalue weighted by Crippen LogP contribution is -2.02. The van der Waals surface area contributed by atoms with Gasteiger partial charge in [0, 0.05) is 4.70 Å². The summed E-state index contributed by atoms with van der Waals surface area (Å²) in [5, 5.41) is 11.9. The second-order valence-corrected chi connectivity index (χ2v) is 7.08. The van der Waals surface area contributed by atoms with Gasteiger partial charge in [-0.15, -0.1) is 11.3 Å². The number of hydrogen-bond acceptors (Lipinski definition) is 3. The van der Waals surface area contributed by atoms with Gasteiger partial charge < -0.3 is 9.84 Å². The predicted molar refractivity (Wildman–Crippen MR) is 103 cm³/mol. The molecule has 0 unspecified atom stereocenters. The number of hydrogen-bond donors (Lipinski definition) is 1. The lowest BCUT2D eigenvalue weighted by atomic mass is 10.1. The van der Waals surface area contributed by atoms with E-state index in [9.17, 15) is 4.79 Å². The lowest BCUT2D eigenvalue weighted by Gasteiger charge is -2.10. The van der Waals surface area contributed by atoms with Gasteiger partial charge in [-0.25, -0.2) is 0 Å². The van der Waals surface area contributed by atoms with Crippen LogP contribution in [-0.2, 0) is 11.2 Å². The van der Waals surface area contributed by atoms with Crippen LogP contribution in [0.25, 0.3) is 10.1 Å². The van der Waals surface area contributed by atoms with Crippen LogP contribution in [0, 0.1) is 0 Å². The first-order valence-corrected chi connectivity index (χ1v) is 8.92. The molecule has 3 nitrogen and oxygen atoms in total. The molecule has 0 fully saturated rings. The van der Waals surface area contributed by atoms with E-state index in [-0.39, 0.29) is 6.42 Å². The highest BCUT2D eigenvalue weighted by molar-refractivity contribution is 7.17. The zero-order valence-corrected chi connectivity index (χ0v) is 15.2. The van der Waals surface area contributed by atoms with Crippen LogP contribution in [0.4, 0.5) is 0 Å². The van der Waals surface area contributed by atoms with E-state index < -0.39 is 5.97 Å². The molecule has 0 spiro atoms. The predicted octanol–water partition coefficient (Wildman–Crippen LogP) is 5.30. The standard InChI is InChI=1S/C21H20O3S/c1-13-4-5-16(15(3)8-14(13)2)11-24-18-6-7-19-17(9-21(22)23)12-25-20(19)10-18/h4-8,10,12H,2,9,11H2,1,3H3,(H,22,23). The van der Waals surface area contributed by atoms with Gasteiger partial charge >= 0.3 is 5.97 Å². The van der Waals surface area contributed by atoms with Crippen LogP contribution >= 0.6 is 11.3 Å². The third kappa shape index (κ3) is 3.91. The molecule has 0 bridgehead atoms. The van der Waals surface area contributed by atoms with Crippen molar-refractivity contribution in [2.75, 3.05) is 6.61 Å². The second kappa shape index (κ2) is 7.11. The third-order valence-corrected chi connectivity index (χ3v) is 5.30. The fraction of sp³-hybridized carbons (Fsp3) is 0.190. The highest BCUT2D eigenvalue weighted by Crippen LogP contribution is 2.30. The number of carboxylic acids is 1. The van der Waals surface area contributed by atoms with E-state index >= 15 is 0 Å². The SMILES string of the molecule is C=C1C=C(C)C(COc2ccc3c(CC(=O)O)csc3c2)=CC=C1C. The Balaban J connectivity index is 1.77. The molecule has 0 atom stereocenters. The van der Waals surface area contributed by atoms with Gasteiger partial charge in [0.1, 0.15) is 12.4 Å². The molecule has 1 N–H and O–H groups in total. The summed E-state index contributed by atoms with van der Waals surface area (Å²) in [6.45, 7) is 8.65. The number of carboxylic acid groups (broad SMARTS) is 1. The summed E-state index contributed by atoms with van der Waals surface area (Å²) >= 11 is 1.55. The summed E-state index contributed by atoms with van der Waals surface area (Å²) in [6.07, 6.45) is 6.27. The Morgan fingerprint density at radius 3 is 2.80 bits per heavy atom. The fourth-order valence-corrected chi connectivity index (χ4v) is 3.70. The zero-order valence-electron chi connectivity index (χ0n) is 14.3. The summed E-state index contributed by atoms with van der Waals surface area (Å²) in [6, 6.07) is 5.81. The number of ether oxygens (including phenoxy) is 1. The van der Waals surface area contributed by atoms with E-state index in [4.69, 9.17) is 9.84 Å². The Morgan fingerprint density at radius 1 is 1.24 bits per heavy atom. The number of thiophene rings is 1. The van der Waals surface area contributed by atoms with Gasteiger partial charge in [0.15, 0.2) is 0 Å². The topological polar surface area (TPSA) is 46.5 Å². The summed E-state index contributed by atoms with van der Waals surface area (Å²) in [5.41, 5.74) is 5.30. The van der Waals surface area contributed by atoms with E-state index in [2.05, 4.69) is 31.7 Å². The van der Waals surface area contributed by atoms with Crippen LogP contribution in [0.2, 0.25) is 0 Å². The molecule has 0 saturated heterocycles. The number of aliphatic carboxylic acids is 1. The molecule has 2 aromatic rings. The van der Waals surface area contributed by atoms with Crippen molar-refractivity contribution in [1.82, 2.24) is 0 Å². The van der Waals surface area contributed by atoms with E-state index in [0.29, 0.717) is 6.61 Å². The van der Waals surface area contributed by atoms with Crippen LogP contribution in [-0.4, -0.2) is 17.7 Å². The van der Waals surface area contributed by atoms with Crippen molar-refractivity contribution in [2.24, 2.45) is 0 Å². The maximum absolute atomic E-state index is 10.9. The molecule has 1 aliphatic carbocycles. The molecule has 0 radical (unpaired) electrons. The summed E-state index contributed by atoms with van der Waals surface area (Å²) < 4.78 is 7.00. The van der Waals surface area contributed by atoms with E-state index in [0.717, 1.165) is 43.7 Å². The number of carbonyl (C=O) groups is 1. The largest absolute Gasteiger partial charge is 0.489 e. The molecule has 128 valence electrons. The second-order valence-electron chi connectivity index (χ2n) is 6.17. The number of allylic oxidation sites excluding steroid dienone is 5. The van der Waals surface area contributed by atoms with Gasteiger partial charge in [0.05, 0.1) is 6.42 Å². The first-order valence-electron chi connectivity index (χ1n) is 8.04. The highest BCUT2D eigenvalue weighted by atomic mass is 32.1. The average molecular weight is 352 g/mol. The van der Waals surface area contributed by atoms with Crippen LogP contribution in [0.15, 0.2) is 70.7 Å². The first-order chi connectivity index (χ1) is 11.9. The molecule has 0 amide bonds. The Kier molecular flexibility index (Phi) is 4.91. The normalized spacial score (nSPS) is 14.6. The van der Waals surface area contributed by atoms with Crippen LogP contribution in [0.1, 0.15) is 19.4 Å². The van der Waals surface area contributed by atoms with Gasteiger partial charge in [-0.3, -0.25) is 4.79 Å². The molecular formula is C21H20O3S. The molecule has 1 aromatic carbocycles. The summed E-state index contributed by atoms with van der Waals surface area (Å²) in [5.74, 6) is -0.0266. The number of fused-ring (bicyclic) bond motifs is 1. The van der Waals surface area contributed by atoms with Gasteiger partial charge in [-0.1, -0.05) is 24.8 Å². The molecule has 1 aliphatic rings. The van der Waals surface area contributed by atoms with Crippen molar-refractivity contribution in [3.8, 4) is 5.75 Å².